The van der Waals surface area contributed by atoms with Crippen molar-refractivity contribution < 1.29 is 19.4 Å². The van der Waals surface area contributed by atoms with E-state index in [0.717, 1.165) is 25.7 Å². The van der Waals surface area contributed by atoms with Gasteiger partial charge in [-0.05, 0) is 12.8 Å². The second-order valence-electron chi connectivity index (χ2n) is 3.77. The summed E-state index contributed by atoms with van der Waals surface area (Å²) in [6, 6.07) is 0. The number of unbranched alkanes of at least 4 members (excludes halogenated alkanes) is 2. The van der Waals surface area contributed by atoms with E-state index in [2.05, 4.69) is 6.92 Å². The molecule has 0 aromatic rings. The van der Waals surface area contributed by atoms with Crippen LogP contribution in [0.15, 0.2) is 0 Å². The molecule has 0 saturated heterocycles. The third-order valence-corrected chi connectivity index (χ3v) is 2.23. The van der Waals surface area contributed by atoms with Gasteiger partial charge in [0.25, 0.3) is 0 Å². The maximum absolute atomic E-state index is 11.5. The van der Waals surface area contributed by atoms with Crippen LogP contribution in [0.1, 0.15) is 39.5 Å². The monoisotopic (exact) mass is 256 g/mol. The Morgan fingerprint density at radius 2 is 1.76 bits per heavy atom. The fraction of sp³-hybridized carbons (Fsp3) is 0.917. The number of hydrogen-bond acceptors (Lipinski definition) is 4. The molecule has 0 bridgehead atoms. The van der Waals surface area contributed by atoms with Gasteiger partial charge in [-0.25, -0.2) is 0 Å². The molecule has 0 aromatic carbocycles. The summed E-state index contributed by atoms with van der Waals surface area (Å²) in [7, 11) is 0. The van der Waals surface area contributed by atoms with E-state index in [1.165, 1.54) is 0 Å². The summed E-state index contributed by atoms with van der Waals surface area (Å²) < 4.78 is 10.5. The second-order valence-corrected chi connectivity index (χ2v) is 3.77. The molecular formula is C12H25NaO4. The van der Waals surface area contributed by atoms with Crippen LogP contribution in [0.4, 0.5) is 0 Å². The van der Waals surface area contributed by atoms with E-state index in [4.69, 9.17) is 14.6 Å². The molecule has 0 heterocycles. The van der Waals surface area contributed by atoms with Gasteiger partial charge < -0.3 is 14.6 Å². The van der Waals surface area contributed by atoms with Gasteiger partial charge in [-0.2, -0.15) is 0 Å². The molecular weight excluding hydrogens is 231 g/mol. The predicted molar refractivity (Wildman–Crippen MR) is 69.6 cm³/mol. The van der Waals surface area contributed by atoms with Crippen LogP contribution in [-0.2, 0) is 14.3 Å². The van der Waals surface area contributed by atoms with Crippen LogP contribution >= 0.6 is 0 Å². The first-order valence-corrected chi connectivity index (χ1v) is 6.09. The Bertz CT molecular complexity index is 176. The van der Waals surface area contributed by atoms with E-state index in [1.807, 2.05) is 6.92 Å². The molecule has 1 unspecified atom stereocenters. The molecule has 4 nitrogen and oxygen atoms in total. The van der Waals surface area contributed by atoms with E-state index in [-0.39, 0.29) is 48.6 Å². The Balaban J connectivity index is 0. The van der Waals surface area contributed by atoms with Crippen LogP contribution in [0.25, 0.3) is 0 Å². The molecule has 1 N–H and O–H groups in total. The van der Waals surface area contributed by atoms with Crippen molar-refractivity contribution in [3.05, 3.63) is 0 Å². The van der Waals surface area contributed by atoms with Crippen molar-refractivity contribution in [1.82, 2.24) is 0 Å². The van der Waals surface area contributed by atoms with E-state index >= 15 is 0 Å². The van der Waals surface area contributed by atoms with Gasteiger partial charge in [0.1, 0.15) is 12.7 Å². The maximum atomic E-state index is 11.5. The second kappa shape index (κ2) is 14.6. The molecule has 0 radical (unpaired) electrons. The summed E-state index contributed by atoms with van der Waals surface area (Å²) in [5, 5.41) is 9.00. The summed E-state index contributed by atoms with van der Waals surface area (Å²) in [6.45, 7) is 5.00. The first kappa shape index (κ1) is 19.9. The molecule has 17 heavy (non-hydrogen) atoms. The number of hydrogen-bond donors (Lipinski definition) is 1. The first-order chi connectivity index (χ1) is 7.76. The van der Waals surface area contributed by atoms with Crippen LogP contribution in [0.3, 0.4) is 0 Å². The van der Waals surface area contributed by atoms with Gasteiger partial charge in [-0.15, -0.1) is 0 Å². The normalized spacial score (nSPS) is 11.9. The molecule has 0 aliphatic carbocycles. The fourth-order valence-corrected chi connectivity index (χ4v) is 1.13. The summed E-state index contributed by atoms with van der Waals surface area (Å²) in [4.78, 5) is 11.5. The molecule has 5 heteroatoms. The van der Waals surface area contributed by atoms with Crippen molar-refractivity contribution in [3.63, 3.8) is 0 Å². The molecule has 0 fully saturated rings. The van der Waals surface area contributed by atoms with Crippen molar-refractivity contribution in [3.8, 4) is 0 Å². The van der Waals surface area contributed by atoms with Gasteiger partial charge in [0.2, 0.25) is 0 Å². The predicted octanol–water partition coefficient (Wildman–Crippen LogP) is 0.901. The number of rotatable bonds is 11. The topological polar surface area (TPSA) is 55.8 Å². The Hall–Kier alpha value is 0.550. The molecule has 0 aliphatic rings. The van der Waals surface area contributed by atoms with E-state index in [1.54, 1.807) is 0 Å². The molecule has 1 atom stereocenters. The van der Waals surface area contributed by atoms with E-state index in [0.29, 0.717) is 13.2 Å². The Labute approximate surface area is 126 Å². The molecule has 0 saturated carbocycles. The van der Waals surface area contributed by atoms with Crippen LogP contribution < -0.4 is 0 Å². The summed E-state index contributed by atoms with van der Waals surface area (Å²) in [5.74, 6) is -0.172. The molecule has 0 amide bonds. The average molecular weight is 256 g/mol. The average Bonchev–Trinajstić information content (AvgIpc) is 2.30. The SMILES string of the molecule is CCCCOCC(=O)C(CO)OCCCC.[NaH]. The number of aliphatic hydroxyl groups is 1. The van der Waals surface area contributed by atoms with Crippen molar-refractivity contribution in [1.29, 1.82) is 0 Å². The number of carbonyl (C=O) groups is 1. The molecule has 98 valence electrons. The zero-order chi connectivity index (χ0) is 12.2. The minimum atomic E-state index is -0.715. The van der Waals surface area contributed by atoms with Gasteiger partial charge in [0.05, 0.1) is 6.61 Å². The Morgan fingerprint density at radius 1 is 1.18 bits per heavy atom. The number of ether oxygens (including phenoxy) is 2. The van der Waals surface area contributed by atoms with Crippen molar-refractivity contribution in [2.24, 2.45) is 0 Å². The summed E-state index contributed by atoms with van der Waals surface area (Å²) in [5.41, 5.74) is 0. The number of ketones is 1. The summed E-state index contributed by atoms with van der Waals surface area (Å²) in [6.07, 6.45) is 3.20. The van der Waals surface area contributed by atoms with Gasteiger partial charge in [0, 0.05) is 13.2 Å². The van der Waals surface area contributed by atoms with Crippen LogP contribution in [0.5, 0.6) is 0 Å². The number of carbonyl (C=O) groups excluding carboxylic acids is 1. The molecule has 0 aromatic heterocycles. The van der Waals surface area contributed by atoms with E-state index < -0.39 is 6.10 Å². The van der Waals surface area contributed by atoms with Crippen molar-refractivity contribution >= 4 is 35.3 Å². The standard InChI is InChI=1S/C12H24O4.Na.H/c1-3-5-7-15-10-11(14)12(9-13)16-8-6-4-2;;/h12-13H,3-10H2,1-2H3;;. The van der Waals surface area contributed by atoms with Crippen molar-refractivity contribution in [2.45, 2.75) is 45.6 Å². The minimum absolute atomic E-state index is 0. The molecule has 0 spiro atoms. The zero-order valence-corrected chi connectivity index (χ0v) is 10.4. The van der Waals surface area contributed by atoms with Gasteiger partial charge in [-0.3, -0.25) is 4.79 Å². The molecule has 0 aliphatic heterocycles. The Morgan fingerprint density at radius 3 is 2.29 bits per heavy atom. The third kappa shape index (κ3) is 11.4. The van der Waals surface area contributed by atoms with Crippen LogP contribution in [-0.4, -0.2) is 73.0 Å². The number of Topliss-reactive ketones (excluding diaryl/α,β-unsaturated/α-hetero) is 1. The van der Waals surface area contributed by atoms with E-state index in [9.17, 15) is 4.79 Å². The van der Waals surface area contributed by atoms with Crippen LogP contribution in [0, 0.1) is 0 Å². The zero-order valence-electron chi connectivity index (χ0n) is 10.4. The van der Waals surface area contributed by atoms with Gasteiger partial charge in [0.15, 0.2) is 5.78 Å². The van der Waals surface area contributed by atoms with Gasteiger partial charge in [-0.1, -0.05) is 26.7 Å². The Kier molecular flexibility index (Phi) is 17.1. The summed E-state index contributed by atoms with van der Waals surface area (Å²) >= 11 is 0. The van der Waals surface area contributed by atoms with Gasteiger partial charge >= 0.3 is 29.6 Å². The van der Waals surface area contributed by atoms with Crippen molar-refractivity contribution in [2.75, 3.05) is 26.4 Å². The quantitative estimate of drug-likeness (QED) is 0.441. The van der Waals surface area contributed by atoms with Crippen LogP contribution in [0.2, 0.25) is 0 Å². The molecule has 0 rings (SSSR count). The fourth-order valence-electron chi connectivity index (χ4n) is 1.13. The number of aliphatic hydroxyl groups excluding tert-OH is 1. The third-order valence-electron chi connectivity index (χ3n) is 2.23. The first-order valence-electron chi connectivity index (χ1n) is 6.09.